The van der Waals surface area contributed by atoms with Crippen molar-refractivity contribution in [1.29, 1.82) is 0 Å². The molecule has 1 aliphatic heterocycles. The molecule has 5 heteroatoms. The number of hydrogen-bond donors (Lipinski definition) is 1. The normalized spacial score (nSPS) is 18.6. The van der Waals surface area contributed by atoms with E-state index < -0.39 is 0 Å². The fourth-order valence-corrected chi connectivity index (χ4v) is 2.98. The van der Waals surface area contributed by atoms with Gasteiger partial charge in [0.15, 0.2) is 0 Å². The zero-order valence-corrected chi connectivity index (χ0v) is 13.4. The SMILES string of the molecule is CNCc1cn(CCN2CCC(C(C)(C)C)CC2)nn1. The molecule has 5 nitrogen and oxygen atoms in total. The summed E-state index contributed by atoms with van der Waals surface area (Å²) in [6, 6.07) is 0. The van der Waals surface area contributed by atoms with Gasteiger partial charge in [0.1, 0.15) is 0 Å². The van der Waals surface area contributed by atoms with Crippen LogP contribution in [0, 0.1) is 11.3 Å². The van der Waals surface area contributed by atoms with E-state index in [0.29, 0.717) is 5.41 Å². The van der Waals surface area contributed by atoms with Crippen molar-refractivity contribution in [2.75, 3.05) is 26.7 Å². The lowest BCUT2D eigenvalue weighted by Crippen LogP contribution is -2.39. The maximum Gasteiger partial charge on any atom is 0.0964 e. The predicted molar refractivity (Wildman–Crippen MR) is 81.4 cm³/mol. The molecule has 114 valence electrons. The highest BCUT2D eigenvalue weighted by Gasteiger charge is 2.28. The van der Waals surface area contributed by atoms with E-state index in [9.17, 15) is 0 Å². The van der Waals surface area contributed by atoms with Crippen LogP contribution in [0.15, 0.2) is 6.20 Å². The van der Waals surface area contributed by atoms with Crippen LogP contribution in [0.3, 0.4) is 0 Å². The molecule has 1 N–H and O–H groups in total. The van der Waals surface area contributed by atoms with Crippen molar-refractivity contribution in [2.45, 2.75) is 46.7 Å². The molecule has 1 aromatic rings. The first-order chi connectivity index (χ1) is 9.49. The Hall–Kier alpha value is -0.940. The zero-order chi connectivity index (χ0) is 14.6. The van der Waals surface area contributed by atoms with Crippen molar-refractivity contribution >= 4 is 0 Å². The van der Waals surface area contributed by atoms with Gasteiger partial charge in [0.05, 0.1) is 12.2 Å². The van der Waals surface area contributed by atoms with Gasteiger partial charge in [-0.3, -0.25) is 4.68 Å². The van der Waals surface area contributed by atoms with Gasteiger partial charge in [-0.1, -0.05) is 26.0 Å². The first-order valence-electron chi connectivity index (χ1n) is 7.75. The van der Waals surface area contributed by atoms with Crippen molar-refractivity contribution < 1.29 is 0 Å². The molecule has 0 bridgehead atoms. The number of rotatable bonds is 5. The third-order valence-corrected chi connectivity index (χ3v) is 4.40. The van der Waals surface area contributed by atoms with E-state index in [-0.39, 0.29) is 0 Å². The lowest BCUT2D eigenvalue weighted by atomic mass is 9.75. The van der Waals surface area contributed by atoms with Crippen LogP contribution >= 0.6 is 0 Å². The van der Waals surface area contributed by atoms with Crippen LogP contribution in [0.4, 0.5) is 0 Å². The van der Waals surface area contributed by atoms with Crippen LogP contribution in [0.2, 0.25) is 0 Å². The number of likely N-dealkylation sites (tertiary alicyclic amines) is 1. The average molecular weight is 279 g/mol. The molecule has 0 unspecified atom stereocenters. The minimum atomic E-state index is 0.458. The Morgan fingerprint density at radius 2 is 1.95 bits per heavy atom. The fourth-order valence-electron chi connectivity index (χ4n) is 2.98. The lowest BCUT2D eigenvalue weighted by Gasteiger charge is -2.38. The first-order valence-corrected chi connectivity index (χ1v) is 7.75. The van der Waals surface area contributed by atoms with Gasteiger partial charge in [-0.15, -0.1) is 5.10 Å². The molecule has 2 rings (SSSR count). The monoisotopic (exact) mass is 279 g/mol. The van der Waals surface area contributed by atoms with Gasteiger partial charge in [-0.05, 0) is 44.3 Å². The molecule has 0 aromatic carbocycles. The molecule has 0 spiro atoms. The third-order valence-electron chi connectivity index (χ3n) is 4.40. The van der Waals surface area contributed by atoms with Gasteiger partial charge in [-0.25, -0.2) is 0 Å². The molecule has 2 heterocycles. The summed E-state index contributed by atoms with van der Waals surface area (Å²) < 4.78 is 1.96. The predicted octanol–water partition coefficient (Wildman–Crippen LogP) is 1.76. The number of aromatic nitrogens is 3. The van der Waals surface area contributed by atoms with E-state index in [1.807, 2.05) is 17.9 Å². The molecule has 1 fully saturated rings. The summed E-state index contributed by atoms with van der Waals surface area (Å²) in [4.78, 5) is 2.56. The zero-order valence-electron chi connectivity index (χ0n) is 13.4. The van der Waals surface area contributed by atoms with E-state index in [1.54, 1.807) is 0 Å². The molecule has 0 atom stereocenters. The second kappa shape index (κ2) is 6.68. The van der Waals surface area contributed by atoms with E-state index in [4.69, 9.17) is 0 Å². The Morgan fingerprint density at radius 1 is 1.25 bits per heavy atom. The van der Waals surface area contributed by atoms with Gasteiger partial charge in [0, 0.05) is 19.3 Å². The fraction of sp³-hybridized carbons (Fsp3) is 0.867. The topological polar surface area (TPSA) is 46.0 Å². The smallest absolute Gasteiger partial charge is 0.0964 e. The van der Waals surface area contributed by atoms with Crippen molar-refractivity contribution in [3.63, 3.8) is 0 Å². The minimum absolute atomic E-state index is 0.458. The van der Waals surface area contributed by atoms with Crippen molar-refractivity contribution in [2.24, 2.45) is 11.3 Å². The Morgan fingerprint density at radius 3 is 2.55 bits per heavy atom. The summed E-state index contributed by atoms with van der Waals surface area (Å²) in [5, 5.41) is 11.4. The molecule has 0 saturated carbocycles. The molecular formula is C15H29N5. The highest BCUT2D eigenvalue weighted by Crippen LogP contribution is 2.34. The first kappa shape index (κ1) is 15.4. The van der Waals surface area contributed by atoms with Gasteiger partial charge < -0.3 is 10.2 Å². The van der Waals surface area contributed by atoms with Crippen molar-refractivity contribution in [3.05, 3.63) is 11.9 Å². The largest absolute Gasteiger partial charge is 0.314 e. The molecular weight excluding hydrogens is 250 g/mol. The van der Waals surface area contributed by atoms with E-state index >= 15 is 0 Å². The van der Waals surface area contributed by atoms with Crippen LogP contribution in [0.25, 0.3) is 0 Å². The molecule has 1 aromatic heterocycles. The molecule has 1 aliphatic rings. The van der Waals surface area contributed by atoms with Gasteiger partial charge in [0.25, 0.3) is 0 Å². The molecule has 1 saturated heterocycles. The van der Waals surface area contributed by atoms with Gasteiger partial charge in [0.2, 0.25) is 0 Å². The van der Waals surface area contributed by atoms with Crippen LogP contribution in [-0.2, 0) is 13.1 Å². The third kappa shape index (κ3) is 4.28. The van der Waals surface area contributed by atoms with E-state index in [0.717, 1.165) is 31.2 Å². The Kier molecular flexibility index (Phi) is 5.16. The summed E-state index contributed by atoms with van der Waals surface area (Å²) in [7, 11) is 1.93. The van der Waals surface area contributed by atoms with E-state index in [1.165, 1.54) is 25.9 Å². The quantitative estimate of drug-likeness (QED) is 0.892. The van der Waals surface area contributed by atoms with Crippen LogP contribution < -0.4 is 5.32 Å². The second-order valence-corrected chi connectivity index (χ2v) is 6.99. The van der Waals surface area contributed by atoms with Crippen LogP contribution in [0.5, 0.6) is 0 Å². The number of hydrogen-bond acceptors (Lipinski definition) is 4. The minimum Gasteiger partial charge on any atom is -0.314 e. The summed E-state index contributed by atoms with van der Waals surface area (Å²) in [6.07, 6.45) is 4.69. The average Bonchev–Trinajstić information content (AvgIpc) is 2.84. The standard InChI is InChI=1S/C15H29N5/c1-15(2,3)13-5-7-19(8-6-13)9-10-20-12-14(11-16-4)17-18-20/h12-13,16H,5-11H2,1-4H3. The van der Waals surface area contributed by atoms with Crippen LogP contribution in [0.1, 0.15) is 39.3 Å². The lowest BCUT2D eigenvalue weighted by molar-refractivity contribution is 0.109. The molecule has 20 heavy (non-hydrogen) atoms. The summed E-state index contributed by atoms with van der Waals surface area (Å²) in [6.45, 7) is 12.4. The Balaban J connectivity index is 1.73. The number of nitrogens with one attached hydrogen (secondary N) is 1. The Labute approximate surface area is 122 Å². The Bertz CT molecular complexity index is 399. The highest BCUT2D eigenvalue weighted by molar-refractivity contribution is 4.91. The van der Waals surface area contributed by atoms with E-state index in [2.05, 4.69) is 41.3 Å². The summed E-state index contributed by atoms with van der Waals surface area (Å²) in [5.41, 5.74) is 1.47. The summed E-state index contributed by atoms with van der Waals surface area (Å²) >= 11 is 0. The maximum absolute atomic E-state index is 4.17. The second-order valence-electron chi connectivity index (χ2n) is 6.99. The molecule has 0 amide bonds. The number of nitrogens with zero attached hydrogens (tertiary/aromatic N) is 4. The highest BCUT2D eigenvalue weighted by atomic mass is 15.4. The summed E-state index contributed by atoms with van der Waals surface area (Å²) in [5.74, 6) is 0.868. The van der Waals surface area contributed by atoms with Crippen LogP contribution in [-0.4, -0.2) is 46.6 Å². The van der Waals surface area contributed by atoms with Gasteiger partial charge in [-0.2, -0.15) is 0 Å². The van der Waals surface area contributed by atoms with Crippen molar-refractivity contribution in [3.8, 4) is 0 Å². The molecule has 0 aliphatic carbocycles. The van der Waals surface area contributed by atoms with Gasteiger partial charge >= 0.3 is 0 Å². The van der Waals surface area contributed by atoms with Crippen molar-refractivity contribution in [1.82, 2.24) is 25.2 Å². The maximum atomic E-state index is 4.17. The molecule has 0 radical (unpaired) electrons. The number of piperidine rings is 1.